The number of rotatable bonds is 7. The Labute approximate surface area is 188 Å². The van der Waals surface area contributed by atoms with Crippen LogP contribution < -0.4 is 10.2 Å². The first kappa shape index (κ1) is 22.9. The summed E-state index contributed by atoms with van der Waals surface area (Å²) in [7, 11) is 3.48. The van der Waals surface area contributed by atoms with Crippen LogP contribution in [0.2, 0.25) is 5.02 Å². The molecular formula is C21H31ClN8O. The highest BCUT2D eigenvalue weighted by atomic mass is 35.5. The Morgan fingerprint density at radius 3 is 2.65 bits per heavy atom. The highest BCUT2D eigenvalue weighted by Gasteiger charge is 2.21. The van der Waals surface area contributed by atoms with Crippen LogP contribution in [0.4, 0.5) is 5.69 Å². The second-order valence-corrected chi connectivity index (χ2v) is 7.98. The molecule has 0 spiro atoms. The summed E-state index contributed by atoms with van der Waals surface area (Å²) >= 11 is 6.37. The number of para-hydroxylation sites is 1. The van der Waals surface area contributed by atoms with Crippen LogP contribution >= 0.6 is 11.6 Å². The third-order valence-electron chi connectivity index (χ3n) is 5.28. The maximum Gasteiger partial charge on any atom is 0.243 e. The monoisotopic (exact) mass is 446 g/mol. The third kappa shape index (κ3) is 6.10. The van der Waals surface area contributed by atoms with Crippen molar-refractivity contribution < 1.29 is 4.79 Å². The van der Waals surface area contributed by atoms with Gasteiger partial charge in [0.05, 0.1) is 10.7 Å². The highest BCUT2D eigenvalue weighted by molar-refractivity contribution is 6.33. The zero-order valence-electron chi connectivity index (χ0n) is 18.5. The standard InChI is InChI=1S/C21H31ClN8O/c1-4-19-26-25-16-30(19)10-9-23-21(24-15-20(31)27(2)3)29-13-11-28(12-14-29)18-8-6-5-7-17(18)22/h5-8,16H,4,9-15H2,1-3H3,(H,23,24). The predicted octanol–water partition coefficient (Wildman–Crippen LogP) is 1.35. The molecule has 0 bridgehead atoms. The SMILES string of the molecule is CCc1nncn1CCNC(=NCC(=O)N(C)C)N1CCN(c2ccccc2Cl)CC1. The van der Waals surface area contributed by atoms with Crippen LogP contribution in [0.25, 0.3) is 0 Å². The van der Waals surface area contributed by atoms with E-state index < -0.39 is 0 Å². The number of benzene rings is 1. The Balaban J connectivity index is 1.63. The molecule has 1 fully saturated rings. The third-order valence-corrected chi connectivity index (χ3v) is 5.60. The van der Waals surface area contributed by atoms with Gasteiger partial charge in [-0.1, -0.05) is 30.7 Å². The molecule has 1 amide bonds. The number of aliphatic imine (C=N–C) groups is 1. The number of nitrogens with one attached hydrogen (secondary N) is 1. The molecule has 1 aliphatic rings. The lowest BCUT2D eigenvalue weighted by atomic mass is 10.2. The first-order valence-electron chi connectivity index (χ1n) is 10.6. The number of hydrogen-bond donors (Lipinski definition) is 1. The van der Waals surface area contributed by atoms with Crippen LogP contribution in [0, 0.1) is 0 Å². The molecule has 1 aromatic heterocycles. The molecule has 1 N–H and O–H groups in total. The molecule has 0 saturated carbocycles. The normalized spacial score (nSPS) is 14.6. The van der Waals surface area contributed by atoms with Crippen LogP contribution in [-0.2, 0) is 17.8 Å². The van der Waals surface area contributed by atoms with Gasteiger partial charge in [-0.15, -0.1) is 10.2 Å². The number of carbonyl (C=O) groups is 1. The number of aromatic nitrogens is 3. The molecule has 168 valence electrons. The lowest BCUT2D eigenvalue weighted by Gasteiger charge is -2.38. The minimum Gasteiger partial charge on any atom is -0.367 e. The van der Waals surface area contributed by atoms with Crippen LogP contribution in [0.5, 0.6) is 0 Å². The van der Waals surface area contributed by atoms with Gasteiger partial charge in [0.2, 0.25) is 5.91 Å². The van der Waals surface area contributed by atoms with Crippen LogP contribution in [0.3, 0.4) is 0 Å². The van der Waals surface area contributed by atoms with Gasteiger partial charge in [0.25, 0.3) is 0 Å². The van der Waals surface area contributed by atoms with Crippen molar-refractivity contribution >= 4 is 29.2 Å². The topological polar surface area (TPSA) is 81.9 Å². The van der Waals surface area contributed by atoms with E-state index in [4.69, 9.17) is 11.6 Å². The summed E-state index contributed by atoms with van der Waals surface area (Å²) < 4.78 is 2.03. The van der Waals surface area contributed by atoms with Gasteiger partial charge in [0.15, 0.2) is 5.96 Å². The molecule has 1 aliphatic heterocycles. The predicted molar refractivity (Wildman–Crippen MR) is 124 cm³/mol. The Morgan fingerprint density at radius 1 is 1.23 bits per heavy atom. The number of nitrogens with zero attached hydrogens (tertiary/aromatic N) is 7. The van der Waals surface area contributed by atoms with Crippen molar-refractivity contribution in [1.82, 2.24) is 29.9 Å². The molecule has 0 aliphatic carbocycles. The molecule has 10 heteroatoms. The van der Waals surface area contributed by atoms with Crippen molar-refractivity contribution in [3.63, 3.8) is 0 Å². The first-order chi connectivity index (χ1) is 15.0. The maximum atomic E-state index is 12.1. The van der Waals surface area contributed by atoms with Gasteiger partial charge in [-0.05, 0) is 12.1 Å². The van der Waals surface area contributed by atoms with Gasteiger partial charge >= 0.3 is 0 Å². The average molecular weight is 447 g/mol. The summed E-state index contributed by atoms with van der Waals surface area (Å²) in [6, 6.07) is 7.91. The minimum absolute atomic E-state index is 0.0268. The van der Waals surface area contributed by atoms with E-state index in [1.807, 2.05) is 28.8 Å². The number of guanidine groups is 1. The van der Waals surface area contributed by atoms with Gasteiger partial charge in [0.1, 0.15) is 18.7 Å². The van der Waals surface area contributed by atoms with E-state index in [1.54, 1.807) is 25.3 Å². The number of anilines is 1. The number of piperazine rings is 1. The van der Waals surface area contributed by atoms with Crippen molar-refractivity contribution in [2.45, 2.75) is 19.9 Å². The van der Waals surface area contributed by atoms with Crippen molar-refractivity contribution in [2.24, 2.45) is 4.99 Å². The van der Waals surface area contributed by atoms with Crippen LogP contribution in [0.15, 0.2) is 35.6 Å². The fraction of sp³-hybridized carbons (Fsp3) is 0.524. The minimum atomic E-state index is -0.0268. The number of hydrogen-bond acceptors (Lipinski definition) is 5. The lowest BCUT2D eigenvalue weighted by Crippen LogP contribution is -2.53. The van der Waals surface area contributed by atoms with Gasteiger partial charge in [-0.25, -0.2) is 4.99 Å². The molecule has 2 aromatic rings. The Kier molecular flexibility index (Phi) is 8.11. The van der Waals surface area contributed by atoms with Gasteiger partial charge < -0.3 is 24.6 Å². The van der Waals surface area contributed by atoms with E-state index in [0.717, 1.165) is 61.6 Å². The summed E-state index contributed by atoms with van der Waals surface area (Å²) in [5.41, 5.74) is 1.05. The lowest BCUT2D eigenvalue weighted by molar-refractivity contribution is -0.127. The largest absolute Gasteiger partial charge is 0.367 e. The van der Waals surface area contributed by atoms with Crippen LogP contribution in [0.1, 0.15) is 12.7 Å². The fourth-order valence-electron chi connectivity index (χ4n) is 3.45. The summed E-state index contributed by atoms with van der Waals surface area (Å²) in [5, 5.41) is 12.3. The number of amides is 1. The average Bonchev–Trinajstić information content (AvgIpc) is 3.24. The zero-order valence-corrected chi connectivity index (χ0v) is 19.2. The Bertz CT molecular complexity index is 889. The van der Waals surface area contributed by atoms with Crippen molar-refractivity contribution in [1.29, 1.82) is 0 Å². The van der Waals surface area contributed by atoms with E-state index in [1.165, 1.54) is 0 Å². The van der Waals surface area contributed by atoms with Gasteiger partial charge in [-0.3, -0.25) is 4.79 Å². The second kappa shape index (κ2) is 11.0. The molecule has 0 unspecified atom stereocenters. The van der Waals surface area contributed by atoms with E-state index in [9.17, 15) is 4.79 Å². The zero-order chi connectivity index (χ0) is 22.2. The number of aryl methyl sites for hydroxylation is 1. The van der Waals surface area contributed by atoms with Gasteiger partial charge in [-0.2, -0.15) is 0 Å². The van der Waals surface area contributed by atoms with Crippen molar-refractivity contribution in [2.75, 3.05) is 58.3 Å². The number of likely N-dealkylation sites (N-methyl/N-ethyl adjacent to an activating group) is 1. The van der Waals surface area contributed by atoms with Crippen molar-refractivity contribution in [3.05, 3.63) is 41.4 Å². The first-order valence-corrected chi connectivity index (χ1v) is 11.0. The Hall–Kier alpha value is -2.81. The molecule has 3 rings (SSSR count). The fourth-order valence-corrected chi connectivity index (χ4v) is 3.70. The Morgan fingerprint density at radius 2 is 1.97 bits per heavy atom. The van der Waals surface area contributed by atoms with E-state index in [2.05, 4.69) is 37.2 Å². The van der Waals surface area contributed by atoms with Gasteiger partial charge in [0, 0.05) is 59.8 Å². The summed E-state index contributed by atoms with van der Waals surface area (Å²) in [6.07, 6.45) is 2.58. The summed E-state index contributed by atoms with van der Waals surface area (Å²) in [4.78, 5) is 22.7. The number of halogens is 1. The molecule has 0 atom stereocenters. The highest BCUT2D eigenvalue weighted by Crippen LogP contribution is 2.26. The molecule has 9 nitrogen and oxygen atoms in total. The summed E-state index contributed by atoms with van der Waals surface area (Å²) in [5.74, 6) is 1.68. The van der Waals surface area contributed by atoms with E-state index in [-0.39, 0.29) is 12.5 Å². The molecule has 0 radical (unpaired) electrons. The summed E-state index contributed by atoms with van der Waals surface area (Å²) in [6.45, 7) is 6.83. The molecule has 1 saturated heterocycles. The maximum absolute atomic E-state index is 12.1. The number of carbonyl (C=O) groups excluding carboxylic acids is 1. The quantitative estimate of drug-likeness (QED) is 0.510. The molecule has 1 aromatic carbocycles. The van der Waals surface area contributed by atoms with E-state index >= 15 is 0 Å². The smallest absolute Gasteiger partial charge is 0.243 e. The molecular weight excluding hydrogens is 416 g/mol. The van der Waals surface area contributed by atoms with Crippen LogP contribution in [-0.4, -0.2) is 89.8 Å². The second-order valence-electron chi connectivity index (χ2n) is 7.57. The molecule has 2 heterocycles. The molecule has 31 heavy (non-hydrogen) atoms. The van der Waals surface area contributed by atoms with Crippen molar-refractivity contribution in [3.8, 4) is 0 Å². The van der Waals surface area contributed by atoms with E-state index in [0.29, 0.717) is 6.54 Å².